The molecule has 4 nitrogen and oxygen atoms in total. The number of nitrogens with one attached hydrogen (secondary N) is 1. The Balaban J connectivity index is 1.88. The molecular formula is C15H16ClN3O. The van der Waals surface area contributed by atoms with Crippen LogP contribution in [0.3, 0.4) is 0 Å². The van der Waals surface area contributed by atoms with Crippen molar-refractivity contribution in [2.45, 2.75) is 25.8 Å². The largest absolute Gasteiger partial charge is 0.496 e. The van der Waals surface area contributed by atoms with Gasteiger partial charge in [-0.05, 0) is 37.0 Å². The molecule has 1 N–H and O–H groups in total. The molecule has 1 aliphatic carbocycles. The molecule has 2 aromatic rings. The average molecular weight is 290 g/mol. The van der Waals surface area contributed by atoms with E-state index in [1.54, 1.807) is 13.2 Å². The van der Waals surface area contributed by atoms with E-state index in [4.69, 9.17) is 16.3 Å². The highest BCUT2D eigenvalue weighted by Gasteiger charge is 2.25. The lowest BCUT2D eigenvalue weighted by Crippen LogP contribution is -2.09. The molecule has 104 valence electrons. The fourth-order valence-corrected chi connectivity index (χ4v) is 2.97. The molecule has 20 heavy (non-hydrogen) atoms. The lowest BCUT2D eigenvalue weighted by atomic mass is 10.1. The molecule has 0 radical (unpaired) electrons. The predicted octanol–water partition coefficient (Wildman–Crippen LogP) is 3.55. The van der Waals surface area contributed by atoms with Gasteiger partial charge in [-0.1, -0.05) is 23.7 Å². The Hall–Kier alpha value is -1.81. The highest BCUT2D eigenvalue weighted by atomic mass is 35.5. The average Bonchev–Trinajstić information content (AvgIpc) is 2.81. The van der Waals surface area contributed by atoms with Crippen molar-refractivity contribution in [1.29, 1.82) is 0 Å². The first-order chi connectivity index (χ1) is 9.67. The Morgan fingerprint density at radius 3 is 2.95 bits per heavy atom. The van der Waals surface area contributed by atoms with Crippen LogP contribution in [0.1, 0.15) is 29.4 Å². The standard InChI is InChI=1S/C15H16ClN3O/c1-9-17-14(16)8-15(18-9)19-12-7-6-11-10(12)4-3-5-13(11)20-2/h3-5,8,12H,6-7H2,1-2H3,(H,17,18,19). The molecule has 0 saturated heterocycles. The van der Waals surface area contributed by atoms with Crippen molar-refractivity contribution in [2.75, 3.05) is 12.4 Å². The second kappa shape index (κ2) is 5.29. The number of ether oxygens (including phenoxy) is 1. The molecule has 1 heterocycles. The Labute approximate surface area is 123 Å². The van der Waals surface area contributed by atoms with Gasteiger partial charge in [-0.15, -0.1) is 0 Å². The number of benzene rings is 1. The van der Waals surface area contributed by atoms with E-state index in [0.29, 0.717) is 11.0 Å². The van der Waals surface area contributed by atoms with E-state index in [1.165, 1.54) is 11.1 Å². The molecule has 1 aliphatic rings. The molecule has 1 atom stereocenters. The van der Waals surface area contributed by atoms with Crippen LogP contribution in [0, 0.1) is 6.92 Å². The number of hydrogen-bond acceptors (Lipinski definition) is 4. The minimum atomic E-state index is 0.241. The highest BCUT2D eigenvalue weighted by molar-refractivity contribution is 6.29. The normalized spacial score (nSPS) is 16.9. The van der Waals surface area contributed by atoms with Gasteiger partial charge in [0.25, 0.3) is 0 Å². The summed E-state index contributed by atoms with van der Waals surface area (Å²) in [4.78, 5) is 8.45. The van der Waals surface area contributed by atoms with Crippen LogP contribution >= 0.6 is 11.6 Å². The van der Waals surface area contributed by atoms with Crippen LogP contribution in [0.15, 0.2) is 24.3 Å². The topological polar surface area (TPSA) is 47.0 Å². The number of halogens is 1. The van der Waals surface area contributed by atoms with Crippen molar-refractivity contribution in [3.05, 3.63) is 46.4 Å². The third-order valence-electron chi connectivity index (χ3n) is 3.58. The summed E-state index contributed by atoms with van der Waals surface area (Å²) in [6.07, 6.45) is 2.03. The summed E-state index contributed by atoms with van der Waals surface area (Å²) >= 11 is 5.97. The number of rotatable bonds is 3. The third kappa shape index (κ3) is 2.43. The molecule has 0 fully saturated rings. The summed E-state index contributed by atoms with van der Waals surface area (Å²) in [5.41, 5.74) is 2.56. The van der Waals surface area contributed by atoms with E-state index in [0.717, 1.165) is 24.4 Å². The summed E-state index contributed by atoms with van der Waals surface area (Å²) in [6.45, 7) is 1.84. The van der Waals surface area contributed by atoms with E-state index < -0.39 is 0 Å². The summed E-state index contributed by atoms with van der Waals surface area (Å²) in [5.74, 6) is 2.40. The van der Waals surface area contributed by atoms with Crippen LogP contribution in [0.5, 0.6) is 5.75 Å². The number of aromatic nitrogens is 2. The van der Waals surface area contributed by atoms with Crippen molar-refractivity contribution in [2.24, 2.45) is 0 Å². The van der Waals surface area contributed by atoms with Crippen molar-refractivity contribution < 1.29 is 4.74 Å². The maximum absolute atomic E-state index is 5.97. The minimum Gasteiger partial charge on any atom is -0.496 e. The highest BCUT2D eigenvalue weighted by Crippen LogP contribution is 2.38. The van der Waals surface area contributed by atoms with Crippen LogP contribution in [0.25, 0.3) is 0 Å². The lowest BCUT2D eigenvalue weighted by molar-refractivity contribution is 0.410. The Bertz CT molecular complexity index is 625. The van der Waals surface area contributed by atoms with Gasteiger partial charge in [0.1, 0.15) is 22.5 Å². The molecule has 0 aliphatic heterocycles. The van der Waals surface area contributed by atoms with Crippen LogP contribution in [-0.4, -0.2) is 17.1 Å². The summed E-state index contributed by atoms with van der Waals surface area (Å²) in [7, 11) is 1.71. The zero-order valence-corrected chi connectivity index (χ0v) is 12.2. The van der Waals surface area contributed by atoms with E-state index in [2.05, 4.69) is 21.4 Å². The first-order valence-electron chi connectivity index (χ1n) is 6.61. The Morgan fingerprint density at radius 2 is 2.20 bits per heavy atom. The molecule has 1 aromatic heterocycles. The van der Waals surface area contributed by atoms with Gasteiger partial charge in [0.2, 0.25) is 0 Å². The minimum absolute atomic E-state index is 0.241. The van der Waals surface area contributed by atoms with Crippen LogP contribution in [0.2, 0.25) is 5.15 Å². The molecule has 0 bridgehead atoms. The van der Waals surface area contributed by atoms with Gasteiger partial charge >= 0.3 is 0 Å². The first-order valence-corrected chi connectivity index (χ1v) is 6.98. The molecule has 0 saturated carbocycles. The van der Waals surface area contributed by atoms with E-state index >= 15 is 0 Å². The predicted molar refractivity (Wildman–Crippen MR) is 79.5 cm³/mol. The van der Waals surface area contributed by atoms with Gasteiger partial charge in [-0.25, -0.2) is 9.97 Å². The zero-order valence-electron chi connectivity index (χ0n) is 11.5. The van der Waals surface area contributed by atoms with Crippen molar-refractivity contribution in [1.82, 2.24) is 9.97 Å². The van der Waals surface area contributed by atoms with Crippen LogP contribution in [-0.2, 0) is 6.42 Å². The van der Waals surface area contributed by atoms with Crippen LogP contribution < -0.4 is 10.1 Å². The fourth-order valence-electron chi connectivity index (χ4n) is 2.75. The molecule has 0 spiro atoms. The van der Waals surface area contributed by atoms with Crippen LogP contribution in [0.4, 0.5) is 5.82 Å². The maximum atomic E-state index is 5.97. The second-order valence-corrected chi connectivity index (χ2v) is 5.27. The van der Waals surface area contributed by atoms with Gasteiger partial charge in [0.15, 0.2) is 0 Å². The van der Waals surface area contributed by atoms with Gasteiger partial charge < -0.3 is 10.1 Å². The molecule has 5 heteroatoms. The smallest absolute Gasteiger partial charge is 0.134 e. The summed E-state index contributed by atoms with van der Waals surface area (Å²) in [5, 5.41) is 3.90. The van der Waals surface area contributed by atoms with E-state index in [-0.39, 0.29) is 6.04 Å². The summed E-state index contributed by atoms with van der Waals surface area (Å²) in [6, 6.07) is 8.17. The SMILES string of the molecule is COc1cccc2c1CCC2Nc1cc(Cl)nc(C)n1. The number of anilines is 1. The molecule has 1 aromatic carbocycles. The quantitative estimate of drug-likeness (QED) is 0.878. The van der Waals surface area contributed by atoms with Gasteiger partial charge in [0.05, 0.1) is 13.2 Å². The number of methoxy groups -OCH3 is 1. The fraction of sp³-hybridized carbons (Fsp3) is 0.333. The second-order valence-electron chi connectivity index (χ2n) is 4.89. The van der Waals surface area contributed by atoms with Crippen molar-refractivity contribution in [3.63, 3.8) is 0 Å². The van der Waals surface area contributed by atoms with E-state index in [1.807, 2.05) is 19.1 Å². The first kappa shape index (κ1) is 13.2. The summed E-state index contributed by atoms with van der Waals surface area (Å²) < 4.78 is 5.42. The molecule has 0 amide bonds. The zero-order chi connectivity index (χ0) is 14.1. The van der Waals surface area contributed by atoms with Gasteiger partial charge in [-0.2, -0.15) is 0 Å². The van der Waals surface area contributed by atoms with Crippen molar-refractivity contribution >= 4 is 17.4 Å². The molecule has 1 unspecified atom stereocenters. The Kier molecular flexibility index (Phi) is 3.49. The number of nitrogens with zero attached hydrogens (tertiary/aromatic N) is 2. The van der Waals surface area contributed by atoms with Gasteiger partial charge in [-0.3, -0.25) is 0 Å². The van der Waals surface area contributed by atoms with Crippen molar-refractivity contribution in [3.8, 4) is 5.75 Å². The number of aryl methyl sites for hydroxylation is 1. The van der Waals surface area contributed by atoms with Gasteiger partial charge in [0, 0.05) is 6.07 Å². The molecular weight excluding hydrogens is 274 g/mol. The number of fused-ring (bicyclic) bond motifs is 1. The maximum Gasteiger partial charge on any atom is 0.134 e. The number of hydrogen-bond donors (Lipinski definition) is 1. The lowest BCUT2D eigenvalue weighted by Gasteiger charge is -2.15. The third-order valence-corrected chi connectivity index (χ3v) is 3.77. The monoisotopic (exact) mass is 289 g/mol. The molecule has 3 rings (SSSR count). The Morgan fingerprint density at radius 1 is 1.35 bits per heavy atom. The van der Waals surface area contributed by atoms with E-state index in [9.17, 15) is 0 Å².